The Balaban J connectivity index is 1.99. The molecular formula is C17H16ClNO4. The van der Waals surface area contributed by atoms with Crippen LogP contribution in [0, 0.1) is 0 Å². The topological polar surface area (TPSA) is 75.6 Å². The van der Waals surface area contributed by atoms with E-state index >= 15 is 0 Å². The highest BCUT2D eigenvalue weighted by atomic mass is 35.5. The van der Waals surface area contributed by atoms with E-state index in [1.54, 1.807) is 30.3 Å². The Labute approximate surface area is 138 Å². The van der Waals surface area contributed by atoms with Gasteiger partial charge >= 0.3 is 5.97 Å². The van der Waals surface area contributed by atoms with Gasteiger partial charge in [0.1, 0.15) is 5.75 Å². The molecule has 5 nitrogen and oxygen atoms in total. The zero-order valence-corrected chi connectivity index (χ0v) is 13.3. The highest BCUT2D eigenvalue weighted by Gasteiger charge is 2.09. The molecule has 2 N–H and O–H groups in total. The molecule has 0 spiro atoms. The van der Waals surface area contributed by atoms with E-state index in [2.05, 4.69) is 5.32 Å². The summed E-state index contributed by atoms with van der Waals surface area (Å²) in [6.45, 7) is 2.65. The van der Waals surface area contributed by atoms with Crippen LogP contribution >= 0.6 is 11.6 Å². The number of amides is 1. The minimum atomic E-state index is -0.982. The first-order chi connectivity index (χ1) is 11.0. The number of carboxylic acid groups (broad SMARTS) is 1. The molecule has 1 amide bonds. The summed E-state index contributed by atoms with van der Waals surface area (Å²) in [7, 11) is 0. The maximum Gasteiger partial charge on any atom is 0.335 e. The monoisotopic (exact) mass is 333 g/mol. The van der Waals surface area contributed by atoms with Crippen LogP contribution in [0.4, 0.5) is 0 Å². The van der Waals surface area contributed by atoms with Crippen molar-refractivity contribution in [3.05, 3.63) is 64.2 Å². The quantitative estimate of drug-likeness (QED) is 0.849. The van der Waals surface area contributed by atoms with Gasteiger partial charge in [0.15, 0.2) is 0 Å². The molecular weight excluding hydrogens is 318 g/mol. The van der Waals surface area contributed by atoms with Crippen molar-refractivity contribution in [2.24, 2.45) is 0 Å². The van der Waals surface area contributed by atoms with E-state index in [-0.39, 0.29) is 11.5 Å². The van der Waals surface area contributed by atoms with Crippen molar-refractivity contribution in [3.8, 4) is 5.75 Å². The van der Waals surface area contributed by atoms with Crippen LogP contribution in [0.15, 0.2) is 42.5 Å². The molecule has 2 rings (SSSR count). The van der Waals surface area contributed by atoms with Gasteiger partial charge in [0.2, 0.25) is 0 Å². The molecule has 0 bridgehead atoms. The van der Waals surface area contributed by atoms with Crippen LogP contribution in [0.25, 0.3) is 0 Å². The van der Waals surface area contributed by atoms with E-state index < -0.39 is 5.97 Å². The minimum Gasteiger partial charge on any atom is -0.492 e. The molecule has 6 heteroatoms. The molecule has 0 heterocycles. The number of benzene rings is 2. The number of carbonyl (C=O) groups is 2. The Kier molecular flexibility index (Phi) is 5.60. The van der Waals surface area contributed by atoms with Crippen LogP contribution in [0.1, 0.15) is 33.2 Å². The lowest BCUT2D eigenvalue weighted by Gasteiger charge is -2.09. The lowest BCUT2D eigenvalue weighted by Crippen LogP contribution is -2.22. The van der Waals surface area contributed by atoms with Crippen LogP contribution in [0.3, 0.4) is 0 Å². The summed E-state index contributed by atoms with van der Waals surface area (Å²) in [5.74, 6) is -0.711. The van der Waals surface area contributed by atoms with Gasteiger partial charge < -0.3 is 15.2 Å². The highest BCUT2D eigenvalue weighted by molar-refractivity contribution is 6.32. The van der Waals surface area contributed by atoms with E-state index in [1.807, 2.05) is 6.92 Å². The molecule has 120 valence electrons. The summed E-state index contributed by atoms with van der Waals surface area (Å²) in [5.41, 5.74) is 1.44. The van der Waals surface area contributed by atoms with Crippen molar-refractivity contribution < 1.29 is 19.4 Å². The fraction of sp³-hybridized carbons (Fsp3) is 0.176. The van der Waals surface area contributed by atoms with E-state index in [0.29, 0.717) is 29.5 Å². The second kappa shape index (κ2) is 7.65. The van der Waals surface area contributed by atoms with E-state index in [0.717, 1.165) is 5.56 Å². The maximum absolute atomic E-state index is 12.1. The summed E-state index contributed by atoms with van der Waals surface area (Å²) in [6.07, 6.45) is 0. The van der Waals surface area contributed by atoms with Crippen molar-refractivity contribution in [1.29, 1.82) is 0 Å². The molecule has 0 saturated heterocycles. The van der Waals surface area contributed by atoms with Gasteiger partial charge in [0.05, 0.1) is 17.2 Å². The molecule has 0 aromatic heterocycles. The lowest BCUT2D eigenvalue weighted by atomic mass is 10.1. The molecule has 0 fully saturated rings. The average Bonchev–Trinajstić information content (AvgIpc) is 2.55. The van der Waals surface area contributed by atoms with E-state index in [1.165, 1.54) is 12.1 Å². The Morgan fingerprint density at radius 3 is 2.35 bits per heavy atom. The zero-order valence-electron chi connectivity index (χ0n) is 12.5. The Morgan fingerprint density at radius 2 is 1.78 bits per heavy atom. The third-order valence-electron chi connectivity index (χ3n) is 3.15. The number of nitrogens with one attached hydrogen (secondary N) is 1. The third kappa shape index (κ3) is 4.47. The lowest BCUT2D eigenvalue weighted by molar-refractivity contribution is 0.0696. The predicted molar refractivity (Wildman–Crippen MR) is 87.2 cm³/mol. The van der Waals surface area contributed by atoms with Crippen molar-refractivity contribution in [2.75, 3.05) is 6.61 Å². The van der Waals surface area contributed by atoms with Gasteiger partial charge in [-0.05, 0) is 42.8 Å². The summed E-state index contributed by atoms with van der Waals surface area (Å²) in [4.78, 5) is 22.9. The number of hydrogen-bond acceptors (Lipinski definition) is 3. The molecule has 0 saturated carbocycles. The van der Waals surface area contributed by atoms with Gasteiger partial charge in [0, 0.05) is 12.1 Å². The summed E-state index contributed by atoms with van der Waals surface area (Å²) in [5, 5.41) is 12.0. The van der Waals surface area contributed by atoms with Gasteiger partial charge in [-0.1, -0.05) is 23.7 Å². The molecule has 2 aromatic carbocycles. The van der Waals surface area contributed by atoms with Gasteiger partial charge in [0.25, 0.3) is 5.91 Å². The standard InChI is InChI=1S/C17H16ClNO4/c1-2-23-15-8-7-13(9-14(15)18)16(20)19-10-11-3-5-12(6-4-11)17(21)22/h3-9H,2,10H2,1H3,(H,19,20)(H,21,22). The van der Waals surface area contributed by atoms with E-state index in [9.17, 15) is 9.59 Å². The Bertz CT molecular complexity index is 713. The first-order valence-electron chi connectivity index (χ1n) is 7.04. The van der Waals surface area contributed by atoms with Gasteiger partial charge in [-0.3, -0.25) is 4.79 Å². The number of hydrogen-bond donors (Lipinski definition) is 2. The average molecular weight is 334 g/mol. The largest absolute Gasteiger partial charge is 0.492 e. The predicted octanol–water partition coefficient (Wildman–Crippen LogP) is 3.37. The smallest absolute Gasteiger partial charge is 0.335 e. The number of ether oxygens (including phenoxy) is 1. The first kappa shape index (κ1) is 16.8. The fourth-order valence-electron chi connectivity index (χ4n) is 1.96. The fourth-order valence-corrected chi connectivity index (χ4v) is 2.20. The molecule has 0 unspecified atom stereocenters. The number of carboxylic acids is 1. The SMILES string of the molecule is CCOc1ccc(C(=O)NCc2ccc(C(=O)O)cc2)cc1Cl. The number of rotatable bonds is 6. The van der Waals surface area contributed by atoms with Crippen LogP contribution in [0.2, 0.25) is 5.02 Å². The van der Waals surface area contributed by atoms with Crippen molar-refractivity contribution >= 4 is 23.5 Å². The summed E-state index contributed by atoms with van der Waals surface area (Å²) in [6, 6.07) is 11.2. The van der Waals surface area contributed by atoms with Gasteiger partial charge in [-0.2, -0.15) is 0 Å². The normalized spacial score (nSPS) is 10.2. The van der Waals surface area contributed by atoms with Crippen molar-refractivity contribution in [1.82, 2.24) is 5.32 Å². The molecule has 0 aliphatic heterocycles. The van der Waals surface area contributed by atoms with Crippen molar-refractivity contribution in [3.63, 3.8) is 0 Å². The molecule has 23 heavy (non-hydrogen) atoms. The third-order valence-corrected chi connectivity index (χ3v) is 3.44. The van der Waals surface area contributed by atoms with Gasteiger partial charge in [-0.15, -0.1) is 0 Å². The first-order valence-corrected chi connectivity index (χ1v) is 7.42. The van der Waals surface area contributed by atoms with Crippen LogP contribution in [-0.4, -0.2) is 23.6 Å². The van der Waals surface area contributed by atoms with Crippen LogP contribution in [-0.2, 0) is 6.54 Å². The molecule has 0 aliphatic carbocycles. The second-order valence-electron chi connectivity index (χ2n) is 4.76. The minimum absolute atomic E-state index is 0.207. The molecule has 0 radical (unpaired) electrons. The molecule has 0 aliphatic rings. The number of carbonyl (C=O) groups excluding carboxylic acids is 1. The Hall–Kier alpha value is -2.53. The molecule has 2 aromatic rings. The number of halogens is 1. The van der Waals surface area contributed by atoms with Gasteiger partial charge in [-0.25, -0.2) is 4.79 Å². The van der Waals surface area contributed by atoms with Crippen LogP contribution in [0.5, 0.6) is 5.75 Å². The molecule has 0 atom stereocenters. The number of aromatic carboxylic acids is 1. The highest BCUT2D eigenvalue weighted by Crippen LogP contribution is 2.25. The summed E-state index contributed by atoms with van der Waals surface area (Å²) >= 11 is 6.06. The van der Waals surface area contributed by atoms with Crippen molar-refractivity contribution in [2.45, 2.75) is 13.5 Å². The van der Waals surface area contributed by atoms with Crippen LogP contribution < -0.4 is 10.1 Å². The zero-order chi connectivity index (χ0) is 16.8. The van der Waals surface area contributed by atoms with E-state index in [4.69, 9.17) is 21.4 Å². The second-order valence-corrected chi connectivity index (χ2v) is 5.17. The summed E-state index contributed by atoms with van der Waals surface area (Å²) < 4.78 is 5.32. The maximum atomic E-state index is 12.1. The Morgan fingerprint density at radius 1 is 1.13 bits per heavy atom.